The average molecular weight is 331 g/mol. The summed E-state index contributed by atoms with van der Waals surface area (Å²) in [5.41, 5.74) is 0.533. The number of carbonyl (C=O) groups is 2. The average Bonchev–Trinajstić information content (AvgIpc) is 2.70. The van der Waals surface area contributed by atoms with Gasteiger partial charge in [0, 0.05) is 22.8 Å². The molecule has 0 bridgehead atoms. The van der Waals surface area contributed by atoms with E-state index >= 15 is 0 Å². The molecule has 1 amide bonds. The fourth-order valence-electron chi connectivity index (χ4n) is 1.82. The van der Waals surface area contributed by atoms with Gasteiger partial charge in [-0.25, -0.2) is 0 Å². The molecule has 0 aliphatic carbocycles. The molecule has 0 aromatic carbocycles. The number of rotatable bonds is 6. The molecule has 1 atom stereocenters. The predicted octanol–water partition coefficient (Wildman–Crippen LogP) is 2.81. The van der Waals surface area contributed by atoms with Crippen LogP contribution in [0.25, 0.3) is 0 Å². The Morgan fingerprint density at radius 3 is 2.58 bits per heavy atom. The molecule has 19 heavy (non-hydrogen) atoms. The minimum atomic E-state index is -0.910. The molecule has 1 aromatic heterocycles. The summed E-state index contributed by atoms with van der Waals surface area (Å²) in [6, 6.07) is 1.55. The Labute approximate surface area is 121 Å². The summed E-state index contributed by atoms with van der Waals surface area (Å²) in [5.74, 6) is -1.15. The number of halogens is 1. The first kappa shape index (κ1) is 15.8. The Morgan fingerprint density at radius 1 is 1.47 bits per heavy atom. The molecule has 0 aliphatic rings. The van der Waals surface area contributed by atoms with E-state index in [1.165, 1.54) is 0 Å². The van der Waals surface area contributed by atoms with Crippen molar-refractivity contribution in [2.24, 2.45) is 0 Å². The quantitative estimate of drug-likeness (QED) is 0.842. The Morgan fingerprint density at radius 2 is 2.11 bits per heavy atom. The molecule has 0 aliphatic heterocycles. The molecule has 6 heteroatoms. The zero-order valence-corrected chi connectivity index (χ0v) is 12.9. The van der Waals surface area contributed by atoms with Crippen molar-refractivity contribution in [2.45, 2.75) is 45.7 Å². The molecule has 2 N–H and O–H groups in total. The highest BCUT2D eigenvalue weighted by Gasteiger charge is 2.19. The lowest BCUT2D eigenvalue weighted by Gasteiger charge is -2.17. The van der Waals surface area contributed by atoms with Gasteiger partial charge in [0.25, 0.3) is 5.91 Å². The second-order valence-corrected chi connectivity index (χ2v) is 5.64. The van der Waals surface area contributed by atoms with E-state index in [1.807, 2.05) is 31.5 Å². The fraction of sp³-hybridized carbons (Fsp3) is 0.538. The third kappa shape index (κ3) is 4.38. The SMILES string of the molecule is CCC(CC(=O)O)NC(=O)c1cc(Br)cn1C(C)C. The fourth-order valence-corrected chi connectivity index (χ4v) is 2.26. The van der Waals surface area contributed by atoms with Gasteiger partial charge >= 0.3 is 5.97 Å². The molecule has 0 radical (unpaired) electrons. The number of nitrogens with zero attached hydrogens (tertiary/aromatic N) is 1. The van der Waals surface area contributed by atoms with Crippen LogP contribution in [0.2, 0.25) is 0 Å². The van der Waals surface area contributed by atoms with Crippen molar-refractivity contribution in [1.82, 2.24) is 9.88 Å². The molecule has 5 nitrogen and oxygen atoms in total. The summed E-state index contributed by atoms with van der Waals surface area (Å²) in [6.45, 7) is 5.82. The van der Waals surface area contributed by atoms with Crippen LogP contribution in [0.4, 0.5) is 0 Å². The van der Waals surface area contributed by atoms with Gasteiger partial charge in [0.05, 0.1) is 6.42 Å². The third-order valence-electron chi connectivity index (χ3n) is 2.85. The summed E-state index contributed by atoms with van der Waals surface area (Å²) in [7, 11) is 0. The number of carboxylic acids is 1. The molecule has 0 spiro atoms. The topological polar surface area (TPSA) is 71.3 Å². The van der Waals surface area contributed by atoms with E-state index in [0.29, 0.717) is 12.1 Å². The van der Waals surface area contributed by atoms with E-state index in [4.69, 9.17) is 5.11 Å². The van der Waals surface area contributed by atoms with E-state index in [0.717, 1.165) is 4.47 Å². The number of aromatic nitrogens is 1. The normalized spacial score (nSPS) is 12.5. The van der Waals surface area contributed by atoms with E-state index in [1.54, 1.807) is 6.07 Å². The number of carboxylic acid groups (broad SMARTS) is 1. The number of carbonyl (C=O) groups excluding carboxylic acids is 1. The van der Waals surface area contributed by atoms with Gasteiger partial charge in [-0.05, 0) is 42.3 Å². The van der Waals surface area contributed by atoms with Crippen LogP contribution in [-0.4, -0.2) is 27.6 Å². The third-order valence-corrected chi connectivity index (χ3v) is 3.29. The maximum Gasteiger partial charge on any atom is 0.305 e. The maximum atomic E-state index is 12.2. The largest absolute Gasteiger partial charge is 0.481 e. The summed E-state index contributed by atoms with van der Waals surface area (Å²) >= 11 is 3.35. The van der Waals surface area contributed by atoms with Gasteiger partial charge in [0.2, 0.25) is 0 Å². The summed E-state index contributed by atoms with van der Waals surface area (Å²) < 4.78 is 2.69. The van der Waals surface area contributed by atoms with Crippen molar-refractivity contribution in [1.29, 1.82) is 0 Å². The zero-order valence-electron chi connectivity index (χ0n) is 11.3. The molecule has 1 rings (SSSR count). The van der Waals surface area contributed by atoms with Crippen LogP contribution in [0.1, 0.15) is 50.1 Å². The lowest BCUT2D eigenvalue weighted by Crippen LogP contribution is -2.37. The molecule has 0 fully saturated rings. The lowest BCUT2D eigenvalue weighted by molar-refractivity contribution is -0.137. The summed E-state index contributed by atoms with van der Waals surface area (Å²) in [6.07, 6.45) is 2.37. The van der Waals surface area contributed by atoms with Crippen molar-refractivity contribution < 1.29 is 14.7 Å². The lowest BCUT2D eigenvalue weighted by atomic mass is 10.1. The summed E-state index contributed by atoms with van der Waals surface area (Å²) in [5, 5.41) is 11.5. The molecular weight excluding hydrogens is 312 g/mol. The molecule has 1 unspecified atom stereocenters. The van der Waals surface area contributed by atoms with Crippen LogP contribution in [-0.2, 0) is 4.79 Å². The van der Waals surface area contributed by atoms with Crippen molar-refractivity contribution in [2.75, 3.05) is 0 Å². The van der Waals surface area contributed by atoms with Crippen LogP contribution in [0.5, 0.6) is 0 Å². The zero-order chi connectivity index (χ0) is 14.6. The van der Waals surface area contributed by atoms with Crippen molar-refractivity contribution >= 4 is 27.8 Å². The Kier molecular flexibility index (Phi) is 5.60. The molecule has 106 valence electrons. The van der Waals surface area contributed by atoms with E-state index in [-0.39, 0.29) is 24.4 Å². The van der Waals surface area contributed by atoms with E-state index in [2.05, 4.69) is 21.2 Å². The van der Waals surface area contributed by atoms with Crippen LogP contribution in [0.15, 0.2) is 16.7 Å². The van der Waals surface area contributed by atoms with Crippen molar-refractivity contribution in [3.63, 3.8) is 0 Å². The number of aliphatic carboxylic acids is 1. The minimum absolute atomic E-state index is 0.0637. The van der Waals surface area contributed by atoms with Gasteiger partial charge in [0.15, 0.2) is 0 Å². The first-order valence-electron chi connectivity index (χ1n) is 6.25. The predicted molar refractivity (Wildman–Crippen MR) is 76.3 cm³/mol. The highest BCUT2D eigenvalue weighted by atomic mass is 79.9. The molecular formula is C13H19BrN2O3. The standard InChI is InChI=1S/C13H19BrN2O3/c1-4-10(6-12(17)18)15-13(19)11-5-9(14)7-16(11)8(2)3/h5,7-8,10H,4,6H2,1-3H3,(H,15,19)(H,17,18). The van der Waals surface area contributed by atoms with Crippen LogP contribution < -0.4 is 5.32 Å². The van der Waals surface area contributed by atoms with Gasteiger partial charge in [-0.1, -0.05) is 6.92 Å². The molecule has 0 saturated heterocycles. The number of amides is 1. The molecule has 0 saturated carbocycles. The maximum absolute atomic E-state index is 12.2. The Hall–Kier alpha value is -1.30. The van der Waals surface area contributed by atoms with E-state index < -0.39 is 5.97 Å². The monoisotopic (exact) mass is 330 g/mol. The van der Waals surface area contributed by atoms with Crippen molar-refractivity contribution in [3.05, 3.63) is 22.4 Å². The van der Waals surface area contributed by atoms with Crippen LogP contribution in [0.3, 0.4) is 0 Å². The van der Waals surface area contributed by atoms with Crippen molar-refractivity contribution in [3.8, 4) is 0 Å². The second-order valence-electron chi connectivity index (χ2n) is 4.72. The first-order chi connectivity index (χ1) is 8.85. The van der Waals surface area contributed by atoms with Gasteiger partial charge < -0.3 is 15.0 Å². The number of hydrogen-bond donors (Lipinski definition) is 2. The second kappa shape index (κ2) is 6.75. The Balaban J connectivity index is 2.85. The van der Waals surface area contributed by atoms with E-state index in [9.17, 15) is 9.59 Å². The van der Waals surface area contributed by atoms with Crippen LogP contribution in [0, 0.1) is 0 Å². The Bertz CT molecular complexity index is 468. The number of nitrogens with one attached hydrogen (secondary N) is 1. The van der Waals surface area contributed by atoms with Crippen LogP contribution >= 0.6 is 15.9 Å². The first-order valence-corrected chi connectivity index (χ1v) is 7.04. The van der Waals surface area contributed by atoms with Gasteiger partial charge in [-0.3, -0.25) is 9.59 Å². The smallest absolute Gasteiger partial charge is 0.305 e. The van der Waals surface area contributed by atoms with Gasteiger partial charge in [0.1, 0.15) is 5.69 Å². The highest BCUT2D eigenvalue weighted by Crippen LogP contribution is 2.19. The molecule has 1 aromatic rings. The minimum Gasteiger partial charge on any atom is -0.481 e. The highest BCUT2D eigenvalue weighted by molar-refractivity contribution is 9.10. The number of hydrogen-bond acceptors (Lipinski definition) is 2. The molecule has 1 heterocycles. The van der Waals surface area contributed by atoms with Gasteiger partial charge in [-0.2, -0.15) is 0 Å². The van der Waals surface area contributed by atoms with Gasteiger partial charge in [-0.15, -0.1) is 0 Å². The summed E-state index contributed by atoms with van der Waals surface area (Å²) in [4.78, 5) is 22.9.